The van der Waals surface area contributed by atoms with Crippen LogP contribution in [-0.4, -0.2) is 36.9 Å². The first-order valence-electron chi connectivity index (χ1n) is 8.59. The first-order valence-corrected chi connectivity index (χ1v) is 9.40. The molecule has 8 heteroatoms. The van der Waals surface area contributed by atoms with Crippen LogP contribution in [0.1, 0.15) is 34.0 Å². The highest BCUT2D eigenvalue weighted by molar-refractivity contribution is 7.14. The van der Waals surface area contributed by atoms with E-state index in [0.717, 1.165) is 4.88 Å². The van der Waals surface area contributed by atoms with Crippen molar-refractivity contribution in [1.29, 1.82) is 5.26 Å². The van der Waals surface area contributed by atoms with E-state index in [4.69, 9.17) is 14.7 Å². The van der Waals surface area contributed by atoms with E-state index in [1.807, 2.05) is 12.1 Å². The second kappa shape index (κ2) is 10.2. The van der Waals surface area contributed by atoms with Crippen LogP contribution in [0.3, 0.4) is 0 Å². The molecule has 1 N–H and O–H groups in total. The fourth-order valence-electron chi connectivity index (χ4n) is 2.21. The molecule has 0 radical (unpaired) electrons. The summed E-state index contributed by atoms with van der Waals surface area (Å²) in [6, 6.07) is 11.8. The van der Waals surface area contributed by atoms with Gasteiger partial charge in [-0.25, -0.2) is 4.79 Å². The van der Waals surface area contributed by atoms with Gasteiger partial charge in [0.2, 0.25) is 11.7 Å². The molecule has 2 aromatic rings. The largest absolute Gasteiger partial charge is 0.479 e. The molecule has 0 aliphatic rings. The molecule has 0 spiro atoms. The molecule has 0 aliphatic heterocycles. The van der Waals surface area contributed by atoms with Crippen LogP contribution in [0.2, 0.25) is 0 Å². The van der Waals surface area contributed by atoms with Gasteiger partial charge in [0.15, 0.2) is 12.7 Å². The number of benzene rings is 1. The van der Waals surface area contributed by atoms with Crippen molar-refractivity contribution < 1.29 is 23.9 Å². The molecule has 0 saturated heterocycles. The summed E-state index contributed by atoms with van der Waals surface area (Å²) in [4.78, 5) is 36.5. The summed E-state index contributed by atoms with van der Waals surface area (Å²) in [6.45, 7) is 3.11. The van der Waals surface area contributed by atoms with E-state index in [1.54, 1.807) is 30.3 Å². The van der Waals surface area contributed by atoms with Gasteiger partial charge in [0.1, 0.15) is 5.75 Å². The highest BCUT2D eigenvalue weighted by Crippen LogP contribution is 2.18. The Morgan fingerprint density at radius 3 is 2.54 bits per heavy atom. The zero-order valence-electron chi connectivity index (χ0n) is 15.6. The zero-order valence-corrected chi connectivity index (χ0v) is 16.4. The van der Waals surface area contributed by atoms with Crippen LogP contribution >= 0.6 is 11.3 Å². The minimum atomic E-state index is -0.891. The molecular formula is C20H20N2O5S. The monoisotopic (exact) mass is 400 g/mol. The van der Waals surface area contributed by atoms with Gasteiger partial charge >= 0.3 is 5.97 Å². The van der Waals surface area contributed by atoms with Crippen molar-refractivity contribution in [3.8, 4) is 11.8 Å². The quantitative estimate of drug-likeness (QED) is 0.512. The summed E-state index contributed by atoms with van der Waals surface area (Å²) in [5.41, 5.74) is 0.487. The van der Waals surface area contributed by atoms with Crippen LogP contribution in [0, 0.1) is 11.3 Å². The van der Waals surface area contributed by atoms with Gasteiger partial charge in [0.25, 0.3) is 0 Å². The lowest BCUT2D eigenvalue weighted by atomic mass is 10.2. The summed E-state index contributed by atoms with van der Waals surface area (Å²) in [6.07, 6.45) is -0.260. The summed E-state index contributed by atoms with van der Waals surface area (Å²) in [5, 5.41) is 11.5. The van der Waals surface area contributed by atoms with Gasteiger partial charge in [0.05, 0.1) is 16.5 Å². The molecule has 7 nitrogen and oxygen atoms in total. The molecule has 28 heavy (non-hydrogen) atoms. The maximum Gasteiger partial charge on any atom is 0.347 e. The van der Waals surface area contributed by atoms with Crippen molar-refractivity contribution in [3.63, 3.8) is 0 Å². The Bertz CT molecular complexity index is 883. The fraction of sp³-hybridized carbons (Fsp3) is 0.300. The van der Waals surface area contributed by atoms with Crippen LogP contribution in [0.4, 0.5) is 0 Å². The lowest BCUT2D eigenvalue weighted by Crippen LogP contribution is -2.28. The first kappa shape index (κ1) is 21.1. The third-order valence-corrected chi connectivity index (χ3v) is 4.84. The predicted octanol–water partition coefficient (Wildman–Crippen LogP) is 2.49. The van der Waals surface area contributed by atoms with Gasteiger partial charge in [0, 0.05) is 18.3 Å². The van der Waals surface area contributed by atoms with Gasteiger partial charge in [-0.2, -0.15) is 5.26 Å². The Hall–Kier alpha value is -3.18. The molecule has 1 amide bonds. The number of hydrogen-bond donors (Lipinski definition) is 1. The van der Waals surface area contributed by atoms with E-state index >= 15 is 0 Å². The van der Waals surface area contributed by atoms with E-state index in [1.165, 1.54) is 25.2 Å². The Labute approximate surface area is 166 Å². The molecule has 0 fully saturated rings. The number of carbonyl (C=O) groups is 3. The zero-order chi connectivity index (χ0) is 20.5. The average molecular weight is 400 g/mol. The van der Waals surface area contributed by atoms with Gasteiger partial charge in [-0.3, -0.25) is 9.59 Å². The van der Waals surface area contributed by atoms with Crippen LogP contribution in [-0.2, 0) is 20.7 Å². The lowest BCUT2D eigenvalue weighted by Gasteiger charge is -2.13. The normalized spacial score (nSPS) is 11.2. The van der Waals surface area contributed by atoms with E-state index < -0.39 is 12.1 Å². The molecule has 1 unspecified atom stereocenters. The standard InChI is InChI=1S/C20H20N2O5S/c1-13(27-16-5-3-15(11-21)4-6-16)20(25)26-12-18(24)19-8-7-17(28-19)9-10-22-14(2)23/h3-8,13H,9-10,12H2,1-2H3,(H,22,23). The molecule has 1 heterocycles. The average Bonchev–Trinajstić information content (AvgIpc) is 3.15. The molecule has 0 aliphatic carbocycles. The van der Waals surface area contributed by atoms with Crippen LogP contribution in [0.15, 0.2) is 36.4 Å². The molecule has 146 valence electrons. The number of Topliss-reactive ketones (excluding diaryl/α,β-unsaturated/α-hetero) is 1. The number of nitrogens with zero attached hydrogens (tertiary/aromatic N) is 1. The maximum atomic E-state index is 12.2. The third kappa shape index (κ3) is 6.52. The maximum absolute atomic E-state index is 12.2. The molecule has 1 aromatic heterocycles. The predicted molar refractivity (Wildman–Crippen MR) is 103 cm³/mol. The Morgan fingerprint density at radius 1 is 1.18 bits per heavy atom. The van der Waals surface area contributed by atoms with Crippen molar-refractivity contribution in [2.24, 2.45) is 0 Å². The van der Waals surface area contributed by atoms with Crippen molar-refractivity contribution in [2.45, 2.75) is 26.4 Å². The van der Waals surface area contributed by atoms with Crippen molar-refractivity contribution in [1.82, 2.24) is 5.32 Å². The van der Waals surface area contributed by atoms with Gasteiger partial charge in [-0.1, -0.05) is 0 Å². The third-order valence-electron chi connectivity index (χ3n) is 3.66. The smallest absolute Gasteiger partial charge is 0.347 e. The number of ether oxygens (including phenoxy) is 2. The minimum absolute atomic E-state index is 0.0999. The SMILES string of the molecule is CC(=O)NCCc1ccc(C(=O)COC(=O)C(C)Oc2ccc(C#N)cc2)s1. The number of nitriles is 1. The number of ketones is 1. The van der Waals surface area contributed by atoms with Crippen LogP contribution in [0.5, 0.6) is 5.75 Å². The van der Waals surface area contributed by atoms with Crippen molar-refractivity contribution in [2.75, 3.05) is 13.2 Å². The van der Waals surface area contributed by atoms with Crippen molar-refractivity contribution >= 4 is 29.0 Å². The second-order valence-electron chi connectivity index (χ2n) is 5.93. The Morgan fingerprint density at radius 2 is 1.89 bits per heavy atom. The molecule has 1 atom stereocenters. The summed E-state index contributed by atoms with van der Waals surface area (Å²) >= 11 is 1.31. The molecule has 2 rings (SSSR count). The van der Waals surface area contributed by atoms with E-state index in [0.29, 0.717) is 29.2 Å². The summed E-state index contributed by atoms with van der Waals surface area (Å²) in [7, 11) is 0. The molecule has 1 aromatic carbocycles. The van der Waals surface area contributed by atoms with Crippen LogP contribution < -0.4 is 10.1 Å². The molecule has 0 saturated carbocycles. The summed E-state index contributed by atoms with van der Waals surface area (Å²) in [5.74, 6) is -0.621. The van der Waals surface area contributed by atoms with Gasteiger partial charge < -0.3 is 14.8 Å². The first-order chi connectivity index (χ1) is 13.4. The van der Waals surface area contributed by atoms with E-state index in [9.17, 15) is 14.4 Å². The molecular weight excluding hydrogens is 380 g/mol. The van der Waals surface area contributed by atoms with Crippen LogP contribution in [0.25, 0.3) is 0 Å². The number of thiophene rings is 1. The summed E-state index contributed by atoms with van der Waals surface area (Å²) < 4.78 is 10.5. The second-order valence-corrected chi connectivity index (χ2v) is 7.09. The lowest BCUT2D eigenvalue weighted by molar-refractivity contribution is -0.149. The number of hydrogen-bond acceptors (Lipinski definition) is 7. The highest BCUT2D eigenvalue weighted by atomic mass is 32.1. The number of carbonyl (C=O) groups excluding carboxylic acids is 3. The number of nitrogens with one attached hydrogen (secondary N) is 1. The van der Waals surface area contributed by atoms with Crippen molar-refractivity contribution in [3.05, 3.63) is 51.7 Å². The minimum Gasteiger partial charge on any atom is -0.479 e. The number of amides is 1. The van der Waals surface area contributed by atoms with Gasteiger partial charge in [-0.15, -0.1) is 11.3 Å². The fourth-order valence-corrected chi connectivity index (χ4v) is 3.14. The topological polar surface area (TPSA) is 105 Å². The highest BCUT2D eigenvalue weighted by Gasteiger charge is 2.19. The molecule has 0 bridgehead atoms. The van der Waals surface area contributed by atoms with E-state index in [2.05, 4.69) is 5.32 Å². The Kier molecular flexibility index (Phi) is 7.72. The number of rotatable bonds is 9. The number of esters is 1. The Balaban J connectivity index is 1.79. The van der Waals surface area contributed by atoms with Gasteiger partial charge in [-0.05, 0) is 49.7 Å². The van der Waals surface area contributed by atoms with E-state index in [-0.39, 0.29) is 18.3 Å².